The zero-order chi connectivity index (χ0) is 30.2. The van der Waals surface area contributed by atoms with Crippen molar-refractivity contribution in [3.63, 3.8) is 0 Å². The molecule has 10 rings (SSSR count). The van der Waals surface area contributed by atoms with E-state index in [-0.39, 0.29) is 0 Å². The summed E-state index contributed by atoms with van der Waals surface area (Å²) < 4.78 is 0. The molecule has 0 spiro atoms. The van der Waals surface area contributed by atoms with E-state index in [4.69, 9.17) is 9.97 Å². The molecule has 0 fully saturated rings. The minimum absolute atomic E-state index is 0.738. The van der Waals surface area contributed by atoms with Gasteiger partial charge in [-0.15, -0.1) is 18.3 Å². The summed E-state index contributed by atoms with van der Waals surface area (Å²) in [5.41, 5.74) is 15.7. The Labute approximate surface area is 266 Å². The first kappa shape index (κ1) is 25.3. The van der Waals surface area contributed by atoms with E-state index in [2.05, 4.69) is 151 Å². The highest BCUT2D eigenvalue weighted by Crippen LogP contribution is 2.49. The molecular formula is C43H26N3-. The Balaban J connectivity index is 1.09. The summed E-state index contributed by atoms with van der Waals surface area (Å²) in [5, 5.41) is 9.38. The van der Waals surface area contributed by atoms with E-state index in [0.29, 0.717) is 0 Å². The largest absolute Gasteiger partial charge is 0.681 e. The normalized spacial score (nSPS) is 12.8. The van der Waals surface area contributed by atoms with Crippen LogP contribution in [0.1, 0.15) is 5.56 Å². The van der Waals surface area contributed by atoms with Gasteiger partial charge < -0.3 is 5.32 Å². The third-order valence-corrected chi connectivity index (χ3v) is 9.52. The van der Waals surface area contributed by atoms with Gasteiger partial charge in [0.05, 0.1) is 22.4 Å². The molecule has 0 saturated carbocycles. The third-order valence-electron chi connectivity index (χ3n) is 9.52. The first-order valence-corrected chi connectivity index (χ1v) is 15.7. The molecule has 1 aliphatic heterocycles. The molecule has 0 unspecified atom stereocenters. The molecule has 1 aliphatic carbocycles. The van der Waals surface area contributed by atoms with Crippen LogP contribution in [-0.4, -0.2) is 16.5 Å². The topological polar surface area (TPSA) is 39.9 Å². The van der Waals surface area contributed by atoms with E-state index in [1.165, 1.54) is 44.2 Å². The van der Waals surface area contributed by atoms with Gasteiger partial charge >= 0.3 is 0 Å². The minimum atomic E-state index is 0.738. The van der Waals surface area contributed by atoms with Crippen LogP contribution in [0.4, 0.5) is 5.69 Å². The summed E-state index contributed by atoms with van der Waals surface area (Å²) in [6, 6.07) is 48.0. The molecule has 0 amide bonds. The van der Waals surface area contributed by atoms with Crippen molar-refractivity contribution in [2.45, 2.75) is 0 Å². The predicted octanol–water partition coefficient (Wildman–Crippen LogP) is 11.6. The minimum Gasteiger partial charge on any atom is -0.681 e. The van der Waals surface area contributed by atoms with Gasteiger partial charge in [0, 0.05) is 21.9 Å². The second kappa shape index (κ2) is 9.72. The van der Waals surface area contributed by atoms with Crippen molar-refractivity contribution in [2.24, 2.45) is 0 Å². The Morgan fingerprint density at radius 2 is 1.11 bits per heavy atom. The van der Waals surface area contributed by atoms with Crippen molar-refractivity contribution < 1.29 is 0 Å². The lowest BCUT2D eigenvalue weighted by Gasteiger charge is -2.26. The van der Waals surface area contributed by atoms with Crippen molar-refractivity contribution in [3.05, 3.63) is 150 Å². The Morgan fingerprint density at radius 3 is 1.89 bits per heavy atom. The van der Waals surface area contributed by atoms with Crippen molar-refractivity contribution in [2.75, 3.05) is 6.54 Å². The molecule has 0 atom stereocenters. The second-order valence-corrected chi connectivity index (χ2v) is 12.1. The van der Waals surface area contributed by atoms with Crippen LogP contribution < -0.4 is 0 Å². The summed E-state index contributed by atoms with van der Waals surface area (Å²) >= 11 is 0. The number of benzene rings is 6. The van der Waals surface area contributed by atoms with Crippen LogP contribution in [0.2, 0.25) is 0 Å². The highest BCUT2D eigenvalue weighted by atomic mass is 14.9. The van der Waals surface area contributed by atoms with Gasteiger partial charge in [0.25, 0.3) is 0 Å². The lowest BCUT2D eigenvalue weighted by atomic mass is 9.93. The number of hydrogen-bond donors (Lipinski definition) is 0. The highest BCUT2D eigenvalue weighted by molar-refractivity contribution is 6.18. The Bertz CT molecular complexity index is 2570. The SMILES string of the molecule is C1=Cc2cc(-c3ccc4ccc5ccc(-c6cccc(-c7ccc8c9c(cccc79)-c7ccccc7-8)c6)nc5c4n3)ccc2[N-]C1. The summed E-state index contributed by atoms with van der Waals surface area (Å²) in [6.07, 6.45) is 4.24. The van der Waals surface area contributed by atoms with Crippen LogP contribution in [0.15, 0.2) is 140 Å². The second-order valence-electron chi connectivity index (χ2n) is 12.1. The summed E-state index contributed by atoms with van der Waals surface area (Å²) in [7, 11) is 0. The molecule has 214 valence electrons. The maximum atomic E-state index is 5.25. The molecular weight excluding hydrogens is 558 g/mol. The molecule has 46 heavy (non-hydrogen) atoms. The molecule has 2 aliphatic rings. The monoisotopic (exact) mass is 584 g/mol. The van der Waals surface area contributed by atoms with Gasteiger partial charge in [-0.2, -0.15) is 0 Å². The third kappa shape index (κ3) is 3.79. The van der Waals surface area contributed by atoms with E-state index in [0.717, 1.165) is 62.1 Å². The lowest BCUT2D eigenvalue weighted by Crippen LogP contribution is -1.92. The molecule has 3 heteroatoms. The Morgan fingerprint density at radius 1 is 0.478 bits per heavy atom. The zero-order valence-electron chi connectivity index (χ0n) is 24.9. The van der Waals surface area contributed by atoms with Crippen LogP contribution in [0.25, 0.3) is 99.9 Å². The fourth-order valence-electron chi connectivity index (χ4n) is 7.32. The summed E-state index contributed by atoms with van der Waals surface area (Å²) in [4.78, 5) is 10.4. The van der Waals surface area contributed by atoms with Crippen LogP contribution >= 0.6 is 0 Å². The first-order chi connectivity index (χ1) is 22.8. The van der Waals surface area contributed by atoms with Gasteiger partial charge in [-0.3, -0.25) is 0 Å². The van der Waals surface area contributed by atoms with E-state index in [1.807, 2.05) is 0 Å². The Hall–Kier alpha value is -6.06. The van der Waals surface area contributed by atoms with Crippen LogP contribution in [0.3, 0.4) is 0 Å². The molecule has 2 aromatic heterocycles. The van der Waals surface area contributed by atoms with Crippen LogP contribution in [0.5, 0.6) is 0 Å². The average molecular weight is 585 g/mol. The van der Waals surface area contributed by atoms with Crippen molar-refractivity contribution >= 4 is 44.3 Å². The average Bonchev–Trinajstić information content (AvgIpc) is 3.46. The molecule has 6 aromatic carbocycles. The van der Waals surface area contributed by atoms with Gasteiger partial charge in [-0.05, 0) is 74.0 Å². The molecule has 0 N–H and O–H groups in total. The van der Waals surface area contributed by atoms with Gasteiger partial charge in [-0.1, -0.05) is 115 Å². The maximum Gasteiger partial charge on any atom is 0.0972 e. The van der Waals surface area contributed by atoms with Gasteiger partial charge in [0.15, 0.2) is 0 Å². The van der Waals surface area contributed by atoms with E-state index < -0.39 is 0 Å². The van der Waals surface area contributed by atoms with Crippen molar-refractivity contribution in [1.29, 1.82) is 0 Å². The maximum absolute atomic E-state index is 5.25. The van der Waals surface area contributed by atoms with Gasteiger partial charge in [0.2, 0.25) is 0 Å². The molecule has 0 saturated heterocycles. The number of fused-ring (bicyclic) bond motifs is 7. The highest BCUT2D eigenvalue weighted by Gasteiger charge is 2.22. The number of nitrogens with zero attached hydrogens (tertiary/aromatic N) is 3. The first-order valence-electron chi connectivity index (χ1n) is 15.7. The molecule has 3 heterocycles. The van der Waals surface area contributed by atoms with Gasteiger partial charge in [0.1, 0.15) is 0 Å². The smallest absolute Gasteiger partial charge is 0.0972 e. The summed E-state index contributed by atoms with van der Waals surface area (Å²) in [5.74, 6) is 0. The van der Waals surface area contributed by atoms with Crippen molar-refractivity contribution in [3.8, 4) is 55.9 Å². The van der Waals surface area contributed by atoms with E-state index >= 15 is 0 Å². The standard InChI is InChI=1S/C43H26N3/c1-2-10-34-33(9-1)36-12-4-11-35-32(18-19-37(34)41(35)36)28-6-3-7-30(24-28)39-21-15-26-13-14-27-16-22-40(46-43(27)42(26)45-39)31-17-20-38-29(25-31)8-5-23-44-38/h1-22,24-25H,23H2/q-1. The molecule has 0 bridgehead atoms. The van der Waals surface area contributed by atoms with Crippen LogP contribution in [-0.2, 0) is 0 Å². The summed E-state index contributed by atoms with van der Waals surface area (Å²) in [6.45, 7) is 0.738. The number of aromatic nitrogens is 2. The van der Waals surface area contributed by atoms with Gasteiger partial charge in [-0.25, -0.2) is 9.97 Å². The number of pyridine rings is 2. The fourth-order valence-corrected chi connectivity index (χ4v) is 7.32. The molecule has 3 nitrogen and oxygen atoms in total. The molecule has 8 aromatic rings. The number of rotatable bonds is 3. The Kier molecular flexibility index (Phi) is 5.34. The van der Waals surface area contributed by atoms with Crippen LogP contribution in [0, 0.1) is 0 Å². The van der Waals surface area contributed by atoms with E-state index in [1.54, 1.807) is 0 Å². The number of hydrogen-bond acceptors (Lipinski definition) is 2. The lowest BCUT2D eigenvalue weighted by molar-refractivity contribution is 1.36. The van der Waals surface area contributed by atoms with Crippen molar-refractivity contribution in [1.82, 2.24) is 9.97 Å². The quantitative estimate of drug-likeness (QED) is 0.194. The fraction of sp³-hybridized carbons (Fsp3) is 0.0233. The predicted molar refractivity (Wildman–Crippen MR) is 192 cm³/mol. The zero-order valence-corrected chi connectivity index (χ0v) is 24.9. The van der Waals surface area contributed by atoms with E-state index in [9.17, 15) is 0 Å². The molecule has 0 radical (unpaired) electrons.